The first-order valence-corrected chi connectivity index (χ1v) is 6.09. The number of carboxylic acid groups (broad SMARTS) is 1. The molecule has 1 aromatic carbocycles. The summed E-state index contributed by atoms with van der Waals surface area (Å²) in [5.74, 6) is -1.57. The number of nitro groups is 1. The lowest BCUT2D eigenvalue weighted by Crippen LogP contribution is -2.21. The number of nitrogens with zero attached hydrogens (tertiary/aromatic N) is 4. The van der Waals surface area contributed by atoms with Crippen LogP contribution < -0.4 is 5.32 Å². The van der Waals surface area contributed by atoms with Crippen LogP contribution in [0.4, 0.5) is 11.4 Å². The summed E-state index contributed by atoms with van der Waals surface area (Å²) in [6.45, 7) is -0.245. The normalized spacial score (nSPS) is 10.2. The number of carbonyl (C=O) groups excluding carboxylic acids is 1. The summed E-state index contributed by atoms with van der Waals surface area (Å²) in [7, 11) is 0. The van der Waals surface area contributed by atoms with Gasteiger partial charge in [0.25, 0.3) is 5.69 Å². The first-order chi connectivity index (χ1) is 10.5. The van der Waals surface area contributed by atoms with Gasteiger partial charge in [0.05, 0.1) is 23.2 Å². The summed E-state index contributed by atoms with van der Waals surface area (Å²) in [6, 6.07) is 5.47. The van der Waals surface area contributed by atoms with Gasteiger partial charge in [-0.2, -0.15) is 0 Å². The molecule has 0 atom stereocenters. The molecule has 0 aliphatic carbocycles. The van der Waals surface area contributed by atoms with Crippen LogP contribution in [0.3, 0.4) is 0 Å². The molecule has 10 heteroatoms. The van der Waals surface area contributed by atoms with Crippen molar-refractivity contribution in [1.82, 2.24) is 15.0 Å². The number of carbonyl (C=O) groups is 2. The lowest BCUT2D eigenvalue weighted by atomic mass is 10.3. The highest BCUT2D eigenvalue weighted by atomic mass is 16.6. The average Bonchev–Trinajstić information content (AvgIpc) is 2.85. The molecule has 114 valence electrons. The molecule has 0 bridgehead atoms. The van der Waals surface area contributed by atoms with Crippen LogP contribution in [0.2, 0.25) is 0 Å². The fourth-order valence-corrected chi connectivity index (χ4v) is 1.74. The molecule has 1 amide bonds. The zero-order valence-electron chi connectivity index (χ0n) is 11.2. The minimum atomic E-state index is -1.07. The topological polar surface area (TPSA) is 140 Å². The molecule has 0 radical (unpaired) electrons. The van der Waals surface area contributed by atoms with Crippen LogP contribution in [-0.4, -0.2) is 36.9 Å². The second-order valence-corrected chi connectivity index (χ2v) is 4.31. The quantitative estimate of drug-likeness (QED) is 0.583. The van der Waals surface area contributed by atoms with Crippen molar-refractivity contribution in [3.63, 3.8) is 0 Å². The Bertz CT molecular complexity index is 726. The van der Waals surface area contributed by atoms with Gasteiger partial charge in [-0.3, -0.25) is 19.7 Å². The Hall–Kier alpha value is -3.30. The number of aromatic nitrogens is 3. The maximum absolute atomic E-state index is 11.9. The van der Waals surface area contributed by atoms with Crippen LogP contribution in [-0.2, 0) is 22.6 Å². The molecule has 2 aromatic rings. The molecule has 1 heterocycles. The zero-order chi connectivity index (χ0) is 16.1. The second kappa shape index (κ2) is 6.43. The molecule has 1 aromatic heterocycles. The van der Waals surface area contributed by atoms with Gasteiger partial charge in [0.1, 0.15) is 6.54 Å². The van der Waals surface area contributed by atoms with Gasteiger partial charge < -0.3 is 10.4 Å². The van der Waals surface area contributed by atoms with Crippen LogP contribution in [0.1, 0.15) is 5.69 Å². The van der Waals surface area contributed by atoms with Crippen LogP contribution >= 0.6 is 0 Å². The summed E-state index contributed by atoms with van der Waals surface area (Å²) < 4.78 is 1.15. The molecule has 0 aliphatic rings. The first kappa shape index (κ1) is 15.1. The predicted octanol–water partition coefficient (Wildman–Crippen LogP) is 0.452. The molecule has 0 unspecified atom stereocenters. The van der Waals surface area contributed by atoms with Crippen molar-refractivity contribution >= 4 is 23.3 Å². The Balaban J connectivity index is 2.04. The molecule has 0 saturated carbocycles. The van der Waals surface area contributed by atoms with E-state index in [1.54, 1.807) is 0 Å². The summed E-state index contributed by atoms with van der Waals surface area (Å²) in [4.78, 5) is 32.6. The maximum Gasteiger partial charge on any atom is 0.309 e. The van der Waals surface area contributed by atoms with E-state index in [4.69, 9.17) is 5.11 Å². The number of non-ortho nitro benzene ring substituents is 1. The smallest absolute Gasteiger partial charge is 0.309 e. The van der Waals surface area contributed by atoms with Crippen molar-refractivity contribution in [2.75, 3.05) is 5.32 Å². The Morgan fingerprint density at radius 1 is 1.41 bits per heavy atom. The highest BCUT2D eigenvalue weighted by Gasteiger charge is 2.13. The lowest BCUT2D eigenvalue weighted by molar-refractivity contribution is -0.384. The number of rotatable bonds is 6. The minimum Gasteiger partial charge on any atom is -0.481 e. The molecule has 0 aliphatic heterocycles. The maximum atomic E-state index is 11.9. The predicted molar refractivity (Wildman–Crippen MR) is 73.1 cm³/mol. The van der Waals surface area contributed by atoms with Crippen molar-refractivity contribution in [1.29, 1.82) is 0 Å². The molecular weight excluding hydrogens is 294 g/mol. The number of hydrogen-bond donors (Lipinski definition) is 2. The Kier molecular flexibility index (Phi) is 4.41. The highest BCUT2D eigenvalue weighted by molar-refractivity contribution is 5.90. The Morgan fingerprint density at radius 2 is 2.18 bits per heavy atom. The van der Waals surface area contributed by atoms with Gasteiger partial charge in [0.2, 0.25) is 5.91 Å². The van der Waals surface area contributed by atoms with Crippen LogP contribution in [0.15, 0.2) is 30.5 Å². The van der Waals surface area contributed by atoms with E-state index in [1.165, 1.54) is 30.5 Å². The van der Waals surface area contributed by atoms with Crippen molar-refractivity contribution in [2.24, 2.45) is 0 Å². The van der Waals surface area contributed by atoms with Gasteiger partial charge in [-0.15, -0.1) is 5.10 Å². The minimum absolute atomic E-state index is 0.148. The van der Waals surface area contributed by atoms with Crippen LogP contribution in [0.5, 0.6) is 0 Å². The number of aliphatic carboxylic acids is 1. The third-order valence-corrected chi connectivity index (χ3v) is 2.66. The van der Waals surface area contributed by atoms with Gasteiger partial charge >= 0.3 is 5.97 Å². The van der Waals surface area contributed by atoms with E-state index in [1.807, 2.05) is 0 Å². The molecule has 0 saturated heterocycles. The number of carboxylic acids is 1. The van der Waals surface area contributed by atoms with E-state index in [0.717, 1.165) is 4.68 Å². The summed E-state index contributed by atoms with van der Waals surface area (Å²) >= 11 is 0. The molecule has 0 spiro atoms. The van der Waals surface area contributed by atoms with Gasteiger partial charge in [-0.05, 0) is 6.07 Å². The van der Waals surface area contributed by atoms with E-state index >= 15 is 0 Å². The van der Waals surface area contributed by atoms with E-state index in [2.05, 4.69) is 15.6 Å². The monoisotopic (exact) mass is 305 g/mol. The summed E-state index contributed by atoms with van der Waals surface area (Å²) in [5, 5.41) is 29.0. The van der Waals surface area contributed by atoms with Crippen molar-refractivity contribution < 1.29 is 19.6 Å². The molecule has 22 heavy (non-hydrogen) atoms. The number of amides is 1. The highest BCUT2D eigenvalue weighted by Crippen LogP contribution is 2.17. The first-order valence-electron chi connectivity index (χ1n) is 6.09. The fraction of sp³-hybridized carbons (Fsp3) is 0.167. The summed E-state index contributed by atoms with van der Waals surface area (Å²) in [5.41, 5.74) is 0.394. The van der Waals surface area contributed by atoms with Crippen molar-refractivity contribution in [2.45, 2.75) is 13.0 Å². The average molecular weight is 305 g/mol. The Labute approximate surface area is 123 Å². The van der Waals surface area contributed by atoms with Gasteiger partial charge in [0, 0.05) is 17.8 Å². The lowest BCUT2D eigenvalue weighted by Gasteiger charge is -2.06. The zero-order valence-corrected chi connectivity index (χ0v) is 11.2. The second-order valence-electron chi connectivity index (χ2n) is 4.31. The van der Waals surface area contributed by atoms with Crippen LogP contribution in [0, 0.1) is 10.1 Å². The third-order valence-electron chi connectivity index (χ3n) is 2.66. The number of anilines is 1. The van der Waals surface area contributed by atoms with Crippen LogP contribution in [0.25, 0.3) is 0 Å². The van der Waals surface area contributed by atoms with Crippen molar-refractivity contribution in [3.05, 3.63) is 46.3 Å². The van der Waals surface area contributed by atoms with Gasteiger partial charge in [0.15, 0.2) is 0 Å². The molecule has 2 rings (SSSR count). The largest absolute Gasteiger partial charge is 0.481 e. The number of benzene rings is 1. The number of nitrogens with one attached hydrogen (secondary N) is 1. The SMILES string of the molecule is O=C(O)Cc1cnnn1CC(=O)Nc1cccc([N+](=O)[O-])c1. The third kappa shape index (κ3) is 3.85. The van der Waals surface area contributed by atoms with E-state index in [-0.39, 0.29) is 30.0 Å². The molecule has 2 N–H and O–H groups in total. The van der Waals surface area contributed by atoms with Crippen molar-refractivity contribution in [3.8, 4) is 0 Å². The Morgan fingerprint density at radius 3 is 2.86 bits per heavy atom. The number of nitro benzene ring substituents is 1. The fourth-order valence-electron chi connectivity index (χ4n) is 1.74. The van der Waals surface area contributed by atoms with Gasteiger partial charge in [-0.25, -0.2) is 4.68 Å². The van der Waals surface area contributed by atoms with E-state index in [9.17, 15) is 19.7 Å². The molecule has 0 fully saturated rings. The summed E-state index contributed by atoms with van der Waals surface area (Å²) in [6.07, 6.45) is 0.950. The number of hydrogen-bond acceptors (Lipinski definition) is 6. The van der Waals surface area contributed by atoms with E-state index in [0.29, 0.717) is 0 Å². The standard InChI is InChI=1S/C12H11N5O5/c18-11(7-16-10(5-12(19)20)6-13-15-16)14-8-2-1-3-9(4-8)17(21)22/h1-4,6H,5,7H2,(H,14,18)(H,19,20). The molecule has 10 nitrogen and oxygen atoms in total. The molecular formula is C12H11N5O5. The van der Waals surface area contributed by atoms with Gasteiger partial charge in [-0.1, -0.05) is 11.3 Å². The van der Waals surface area contributed by atoms with E-state index < -0.39 is 16.8 Å².